The lowest BCUT2D eigenvalue weighted by Crippen LogP contribution is -2.14. The summed E-state index contributed by atoms with van der Waals surface area (Å²) in [7, 11) is 0. The van der Waals surface area contributed by atoms with E-state index in [0.29, 0.717) is 17.4 Å². The van der Waals surface area contributed by atoms with E-state index in [0.717, 1.165) is 10.9 Å². The second kappa shape index (κ2) is 4.52. The number of carbonyl (C=O) groups is 1. The minimum Gasteiger partial charge on any atom is -0.339 e. The fraction of sp³-hybridized carbons (Fsp3) is 0.167. The monoisotopic (exact) mass is 257 g/mol. The zero-order chi connectivity index (χ0) is 13.2. The molecule has 0 spiro atoms. The first kappa shape index (κ1) is 11.4. The molecule has 1 aromatic carbocycles. The van der Waals surface area contributed by atoms with Crippen molar-refractivity contribution < 1.29 is 9.32 Å². The van der Waals surface area contributed by atoms with Gasteiger partial charge in [-0.3, -0.25) is 9.89 Å². The summed E-state index contributed by atoms with van der Waals surface area (Å²) in [4.78, 5) is 15.8. The first-order valence-corrected chi connectivity index (χ1v) is 5.73. The number of H-pyrrole nitrogens is 1. The number of aromatic amines is 1. The van der Waals surface area contributed by atoms with Crippen molar-refractivity contribution in [1.29, 1.82) is 0 Å². The standard InChI is InChI=1S/C12H11N5O2/c1-7-14-12(19-17-7)5-11(18)15-9-3-2-8-6-13-16-10(8)4-9/h2-4,6H,5H2,1H3,(H,13,16)(H,15,18). The zero-order valence-electron chi connectivity index (χ0n) is 10.2. The Morgan fingerprint density at radius 2 is 2.37 bits per heavy atom. The summed E-state index contributed by atoms with van der Waals surface area (Å²) < 4.78 is 4.89. The number of hydrogen-bond donors (Lipinski definition) is 2. The fourth-order valence-electron chi connectivity index (χ4n) is 1.77. The first-order chi connectivity index (χ1) is 9.20. The van der Waals surface area contributed by atoms with Gasteiger partial charge in [-0.25, -0.2) is 0 Å². The summed E-state index contributed by atoms with van der Waals surface area (Å²) in [5.41, 5.74) is 1.56. The van der Waals surface area contributed by atoms with Crippen molar-refractivity contribution in [3.8, 4) is 0 Å². The summed E-state index contributed by atoms with van der Waals surface area (Å²) in [6, 6.07) is 5.51. The lowest BCUT2D eigenvalue weighted by atomic mass is 10.2. The van der Waals surface area contributed by atoms with Crippen LogP contribution >= 0.6 is 0 Å². The number of aryl methyl sites for hydroxylation is 1. The maximum Gasteiger partial charge on any atom is 0.236 e. The molecule has 19 heavy (non-hydrogen) atoms. The van der Waals surface area contributed by atoms with Gasteiger partial charge in [0.15, 0.2) is 5.82 Å². The molecule has 7 nitrogen and oxygen atoms in total. The number of carbonyl (C=O) groups excluding carboxylic acids is 1. The van der Waals surface area contributed by atoms with Crippen LogP contribution in [-0.4, -0.2) is 26.2 Å². The van der Waals surface area contributed by atoms with Gasteiger partial charge in [-0.1, -0.05) is 5.16 Å². The van der Waals surface area contributed by atoms with E-state index in [-0.39, 0.29) is 12.3 Å². The van der Waals surface area contributed by atoms with Crippen molar-refractivity contribution in [2.45, 2.75) is 13.3 Å². The highest BCUT2D eigenvalue weighted by Gasteiger charge is 2.10. The van der Waals surface area contributed by atoms with Crippen molar-refractivity contribution in [3.63, 3.8) is 0 Å². The van der Waals surface area contributed by atoms with Gasteiger partial charge in [-0.2, -0.15) is 10.1 Å². The minimum absolute atomic E-state index is 0.0574. The van der Waals surface area contributed by atoms with Crippen LogP contribution in [0.15, 0.2) is 28.9 Å². The molecule has 0 aliphatic rings. The smallest absolute Gasteiger partial charge is 0.236 e. The topological polar surface area (TPSA) is 96.7 Å². The van der Waals surface area contributed by atoms with E-state index in [9.17, 15) is 4.79 Å². The van der Waals surface area contributed by atoms with E-state index in [1.54, 1.807) is 13.1 Å². The molecule has 0 fully saturated rings. The van der Waals surface area contributed by atoms with Crippen LogP contribution < -0.4 is 5.32 Å². The molecule has 0 aliphatic carbocycles. The highest BCUT2D eigenvalue weighted by molar-refractivity contribution is 5.94. The van der Waals surface area contributed by atoms with Crippen molar-refractivity contribution in [1.82, 2.24) is 20.3 Å². The Morgan fingerprint density at radius 3 is 3.16 bits per heavy atom. The summed E-state index contributed by atoms with van der Waals surface area (Å²) in [6.07, 6.45) is 1.78. The maximum absolute atomic E-state index is 11.8. The predicted molar refractivity (Wildman–Crippen MR) is 67.5 cm³/mol. The fourth-order valence-corrected chi connectivity index (χ4v) is 1.77. The molecule has 0 unspecified atom stereocenters. The average molecular weight is 257 g/mol. The molecule has 96 valence electrons. The van der Waals surface area contributed by atoms with Crippen LogP contribution in [0.2, 0.25) is 0 Å². The zero-order valence-corrected chi connectivity index (χ0v) is 10.2. The van der Waals surface area contributed by atoms with E-state index in [4.69, 9.17) is 4.52 Å². The number of anilines is 1. The van der Waals surface area contributed by atoms with Gasteiger partial charge in [0, 0.05) is 11.1 Å². The second-order valence-corrected chi connectivity index (χ2v) is 4.13. The Hall–Kier alpha value is -2.70. The Labute approximate surface area is 108 Å². The molecule has 2 N–H and O–H groups in total. The molecular weight excluding hydrogens is 246 g/mol. The van der Waals surface area contributed by atoms with Crippen LogP contribution in [0, 0.1) is 6.92 Å². The Balaban J connectivity index is 1.71. The van der Waals surface area contributed by atoms with Gasteiger partial charge < -0.3 is 9.84 Å². The van der Waals surface area contributed by atoms with Gasteiger partial charge in [0.25, 0.3) is 0 Å². The molecule has 7 heteroatoms. The normalized spacial score (nSPS) is 10.8. The molecular formula is C12H11N5O2. The first-order valence-electron chi connectivity index (χ1n) is 5.73. The number of hydrogen-bond acceptors (Lipinski definition) is 5. The highest BCUT2D eigenvalue weighted by atomic mass is 16.5. The third kappa shape index (κ3) is 2.44. The molecule has 0 atom stereocenters. The molecule has 0 saturated heterocycles. The summed E-state index contributed by atoms with van der Waals surface area (Å²) >= 11 is 0. The Morgan fingerprint density at radius 1 is 1.47 bits per heavy atom. The number of amides is 1. The van der Waals surface area contributed by atoms with Crippen molar-refractivity contribution >= 4 is 22.5 Å². The quantitative estimate of drug-likeness (QED) is 0.739. The number of benzene rings is 1. The SMILES string of the molecule is Cc1noc(CC(=O)Nc2ccc3cn[nH]c3c2)n1. The minimum atomic E-state index is -0.206. The van der Waals surface area contributed by atoms with Crippen LogP contribution in [0.1, 0.15) is 11.7 Å². The Kier molecular flexibility index (Phi) is 2.71. The summed E-state index contributed by atoms with van der Waals surface area (Å²) in [5, 5.41) is 14.2. The molecule has 1 amide bonds. The lowest BCUT2D eigenvalue weighted by molar-refractivity contribution is -0.115. The van der Waals surface area contributed by atoms with Gasteiger partial charge in [0.1, 0.15) is 6.42 Å². The van der Waals surface area contributed by atoms with Gasteiger partial charge in [-0.05, 0) is 25.1 Å². The van der Waals surface area contributed by atoms with Crippen LogP contribution in [0.3, 0.4) is 0 Å². The third-order valence-corrected chi connectivity index (χ3v) is 2.61. The van der Waals surface area contributed by atoms with E-state index in [1.807, 2.05) is 18.2 Å². The molecule has 0 saturated carbocycles. The van der Waals surface area contributed by atoms with Crippen molar-refractivity contribution in [2.24, 2.45) is 0 Å². The number of nitrogens with one attached hydrogen (secondary N) is 2. The predicted octanol–water partition coefficient (Wildman–Crippen LogP) is 1.44. The molecule has 0 radical (unpaired) electrons. The van der Waals surface area contributed by atoms with Gasteiger partial charge >= 0.3 is 0 Å². The van der Waals surface area contributed by atoms with E-state index in [2.05, 4.69) is 25.7 Å². The molecule has 0 aliphatic heterocycles. The van der Waals surface area contributed by atoms with Gasteiger partial charge in [0.2, 0.25) is 11.8 Å². The van der Waals surface area contributed by atoms with E-state index >= 15 is 0 Å². The molecule has 0 bridgehead atoms. The van der Waals surface area contributed by atoms with Crippen LogP contribution in [-0.2, 0) is 11.2 Å². The molecule has 3 rings (SSSR count). The van der Waals surface area contributed by atoms with Gasteiger partial charge in [0.05, 0.1) is 11.7 Å². The van der Waals surface area contributed by atoms with Crippen LogP contribution in [0.5, 0.6) is 0 Å². The second-order valence-electron chi connectivity index (χ2n) is 4.13. The molecule has 3 aromatic rings. The highest BCUT2D eigenvalue weighted by Crippen LogP contribution is 2.16. The maximum atomic E-state index is 11.8. The lowest BCUT2D eigenvalue weighted by Gasteiger charge is -2.03. The average Bonchev–Trinajstić information content (AvgIpc) is 2.97. The van der Waals surface area contributed by atoms with Crippen LogP contribution in [0.4, 0.5) is 5.69 Å². The van der Waals surface area contributed by atoms with E-state index in [1.165, 1.54) is 0 Å². The number of rotatable bonds is 3. The Bertz CT molecular complexity index is 730. The summed E-state index contributed by atoms with van der Waals surface area (Å²) in [5.74, 6) is 0.613. The number of fused-ring (bicyclic) bond motifs is 1. The van der Waals surface area contributed by atoms with Crippen LogP contribution in [0.25, 0.3) is 10.9 Å². The van der Waals surface area contributed by atoms with E-state index < -0.39 is 0 Å². The third-order valence-electron chi connectivity index (χ3n) is 2.61. The van der Waals surface area contributed by atoms with Crippen molar-refractivity contribution in [2.75, 3.05) is 5.32 Å². The summed E-state index contributed by atoms with van der Waals surface area (Å²) in [6.45, 7) is 1.71. The number of nitrogens with zero attached hydrogens (tertiary/aromatic N) is 3. The largest absolute Gasteiger partial charge is 0.339 e. The molecule has 2 heterocycles. The van der Waals surface area contributed by atoms with Crippen molar-refractivity contribution in [3.05, 3.63) is 36.1 Å². The van der Waals surface area contributed by atoms with Gasteiger partial charge in [-0.15, -0.1) is 0 Å². The number of aromatic nitrogens is 4. The molecule has 2 aromatic heterocycles.